The highest BCUT2D eigenvalue weighted by atomic mass is 16.5. The van der Waals surface area contributed by atoms with Gasteiger partial charge < -0.3 is 14.8 Å². The fraction of sp³-hybridized carbons (Fsp3) is 0.667. The summed E-state index contributed by atoms with van der Waals surface area (Å²) in [6.45, 7) is 1.87. The van der Waals surface area contributed by atoms with Crippen molar-refractivity contribution in [2.24, 2.45) is 0 Å². The van der Waals surface area contributed by atoms with Gasteiger partial charge in [0.1, 0.15) is 11.4 Å². The lowest BCUT2D eigenvalue weighted by molar-refractivity contribution is -0.0143. The van der Waals surface area contributed by atoms with Crippen LogP contribution in [0.5, 0.6) is 5.75 Å². The predicted octanol–water partition coefficient (Wildman–Crippen LogP) is 3.32. The Morgan fingerprint density at radius 1 is 1.19 bits per heavy atom. The zero-order valence-corrected chi connectivity index (χ0v) is 13.1. The third-order valence-corrected chi connectivity index (χ3v) is 4.71. The summed E-state index contributed by atoms with van der Waals surface area (Å²) in [7, 11) is 1.74. The molecule has 0 bridgehead atoms. The molecule has 0 amide bonds. The quantitative estimate of drug-likeness (QED) is 0.756. The van der Waals surface area contributed by atoms with Crippen LogP contribution < -0.4 is 10.1 Å². The van der Waals surface area contributed by atoms with Gasteiger partial charge in [-0.15, -0.1) is 0 Å². The molecule has 0 aliphatic heterocycles. The zero-order valence-electron chi connectivity index (χ0n) is 13.1. The molecule has 2 aliphatic carbocycles. The highest BCUT2D eigenvalue weighted by Gasteiger charge is 2.39. The van der Waals surface area contributed by atoms with Crippen molar-refractivity contribution in [3.63, 3.8) is 0 Å². The number of methoxy groups -OCH3 is 1. The lowest BCUT2D eigenvalue weighted by atomic mass is 9.77. The molecule has 0 aromatic heterocycles. The first-order chi connectivity index (χ1) is 10.3. The predicted molar refractivity (Wildman–Crippen MR) is 84.9 cm³/mol. The van der Waals surface area contributed by atoms with E-state index in [1.807, 2.05) is 0 Å². The molecule has 2 fully saturated rings. The summed E-state index contributed by atoms with van der Waals surface area (Å²) in [5, 5.41) is 3.60. The van der Waals surface area contributed by atoms with E-state index in [9.17, 15) is 0 Å². The minimum absolute atomic E-state index is 0.0932. The molecule has 0 radical (unpaired) electrons. The van der Waals surface area contributed by atoms with Crippen molar-refractivity contribution in [3.05, 3.63) is 29.8 Å². The molecule has 3 nitrogen and oxygen atoms in total. The van der Waals surface area contributed by atoms with Gasteiger partial charge in [0.05, 0.1) is 6.61 Å². The molecule has 0 atom stereocenters. The van der Waals surface area contributed by atoms with Crippen LogP contribution in [-0.4, -0.2) is 31.9 Å². The lowest BCUT2D eigenvalue weighted by Crippen LogP contribution is -2.45. The normalized spacial score (nSPS) is 20.0. The maximum absolute atomic E-state index is 6.33. The summed E-state index contributed by atoms with van der Waals surface area (Å²) in [6, 6.07) is 9.33. The molecule has 3 heteroatoms. The van der Waals surface area contributed by atoms with Gasteiger partial charge in [0.15, 0.2) is 0 Å². The number of benzene rings is 1. The van der Waals surface area contributed by atoms with Gasteiger partial charge in [0.2, 0.25) is 0 Å². The van der Waals surface area contributed by atoms with Crippen LogP contribution in [0.2, 0.25) is 0 Å². The van der Waals surface area contributed by atoms with Crippen molar-refractivity contribution in [1.82, 2.24) is 5.32 Å². The average molecular weight is 289 g/mol. The van der Waals surface area contributed by atoms with Crippen molar-refractivity contribution in [3.8, 4) is 5.75 Å². The highest BCUT2D eigenvalue weighted by Crippen LogP contribution is 2.39. The number of rotatable bonds is 9. The fourth-order valence-electron chi connectivity index (χ4n) is 2.96. The van der Waals surface area contributed by atoms with E-state index in [-0.39, 0.29) is 5.60 Å². The molecule has 116 valence electrons. The fourth-order valence-corrected chi connectivity index (χ4v) is 2.96. The topological polar surface area (TPSA) is 30.5 Å². The zero-order chi connectivity index (χ0) is 14.5. The summed E-state index contributed by atoms with van der Waals surface area (Å²) < 4.78 is 11.4. The molecule has 0 unspecified atom stereocenters. The van der Waals surface area contributed by atoms with Gasteiger partial charge in [0.25, 0.3) is 0 Å². The molecular weight excluding hydrogens is 262 g/mol. The Morgan fingerprint density at radius 3 is 2.52 bits per heavy atom. The standard InChI is InChI=1S/C18H27NO2/c1-20-14-9-15-3-7-17(8-4-15)21-18(10-2-11-18)12-13-19-16-5-6-16/h3-4,7-8,16,19H,2,5-6,9-14H2,1H3. The smallest absolute Gasteiger partial charge is 0.120 e. The molecule has 2 aliphatic rings. The van der Waals surface area contributed by atoms with Crippen LogP contribution in [0.3, 0.4) is 0 Å². The first kappa shape index (κ1) is 14.9. The van der Waals surface area contributed by atoms with Crippen LogP contribution in [-0.2, 0) is 11.2 Å². The van der Waals surface area contributed by atoms with Gasteiger partial charge in [0, 0.05) is 13.2 Å². The van der Waals surface area contributed by atoms with Gasteiger partial charge in [-0.25, -0.2) is 0 Å². The van der Waals surface area contributed by atoms with E-state index in [4.69, 9.17) is 9.47 Å². The van der Waals surface area contributed by atoms with E-state index in [1.165, 1.54) is 37.7 Å². The third-order valence-electron chi connectivity index (χ3n) is 4.71. The van der Waals surface area contributed by atoms with Crippen molar-refractivity contribution in [1.29, 1.82) is 0 Å². The Kier molecular flexibility index (Phi) is 4.81. The van der Waals surface area contributed by atoms with Crippen LogP contribution in [0.15, 0.2) is 24.3 Å². The van der Waals surface area contributed by atoms with Crippen LogP contribution in [0.4, 0.5) is 0 Å². The second-order valence-electron chi connectivity index (χ2n) is 6.50. The second kappa shape index (κ2) is 6.80. The molecule has 2 saturated carbocycles. The van der Waals surface area contributed by atoms with E-state index < -0.39 is 0 Å². The maximum atomic E-state index is 6.33. The number of ether oxygens (including phenoxy) is 2. The Hall–Kier alpha value is -1.06. The van der Waals surface area contributed by atoms with E-state index in [1.54, 1.807) is 7.11 Å². The van der Waals surface area contributed by atoms with Gasteiger partial charge in [-0.2, -0.15) is 0 Å². The summed E-state index contributed by atoms with van der Waals surface area (Å²) in [5.41, 5.74) is 1.40. The van der Waals surface area contributed by atoms with E-state index >= 15 is 0 Å². The van der Waals surface area contributed by atoms with Gasteiger partial charge >= 0.3 is 0 Å². The van der Waals surface area contributed by atoms with Crippen molar-refractivity contribution in [2.75, 3.05) is 20.3 Å². The highest BCUT2D eigenvalue weighted by molar-refractivity contribution is 5.28. The maximum Gasteiger partial charge on any atom is 0.120 e. The van der Waals surface area contributed by atoms with Crippen molar-refractivity contribution >= 4 is 0 Å². The molecule has 1 aromatic carbocycles. The average Bonchev–Trinajstić information content (AvgIpc) is 3.28. The lowest BCUT2D eigenvalue weighted by Gasteiger charge is -2.42. The van der Waals surface area contributed by atoms with Gasteiger partial charge in [-0.3, -0.25) is 0 Å². The minimum Gasteiger partial charge on any atom is -0.487 e. The van der Waals surface area contributed by atoms with E-state index in [0.29, 0.717) is 0 Å². The Balaban J connectivity index is 1.50. The number of hydrogen-bond acceptors (Lipinski definition) is 3. The first-order valence-electron chi connectivity index (χ1n) is 8.30. The second-order valence-corrected chi connectivity index (χ2v) is 6.50. The monoisotopic (exact) mass is 289 g/mol. The van der Waals surface area contributed by atoms with Crippen LogP contribution in [0.25, 0.3) is 0 Å². The number of nitrogens with one attached hydrogen (secondary N) is 1. The minimum atomic E-state index is 0.0932. The van der Waals surface area contributed by atoms with E-state index in [0.717, 1.165) is 37.8 Å². The first-order valence-corrected chi connectivity index (χ1v) is 8.30. The van der Waals surface area contributed by atoms with Crippen LogP contribution in [0, 0.1) is 0 Å². The SMILES string of the molecule is COCCc1ccc(OC2(CCNC3CC3)CCC2)cc1. The van der Waals surface area contributed by atoms with Gasteiger partial charge in [-0.1, -0.05) is 12.1 Å². The van der Waals surface area contributed by atoms with E-state index in [2.05, 4.69) is 29.6 Å². The number of hydrogen-bond donors (Lipinski definition) is 1. The van der Waals surface area contributed by atoms with Crippen LogP contribution >= 0.6 is 0 Å². The van der Waals surface area contributed by atoms with Crippen molar-refractivity contribution < 1.29 is 9.47 Å². The molecule has 0 spiro atoms. The molecule has 1 aromatic rings. The largest absolute Gasteiger partial charge is 0.487 e. The summed E-state index contributed by atoms with van der Waals surface area (Å²) in [6.07, 6.45) is 8.51. The van der Waals surface area contributed by atoms with Crippen LogP contribution in [0.1, 0.15) is 44.1 Å². The summed E-state index contributed by atoms with van der Waals surface area (Å²) in [5.74, 6) is 1.02. The Bertz CT molecular complexity index is 435. The molecule has 0 saturated heterocycles. The Labute approximate surface area is 128 Å². The molecule has 0 heterocycles. The molecular formula is C18H27NO2. The molecule has 3 rings (SSSR count). The summed E-state index contributed by atoms with van der Waals surface area (Å²) >= 11 is 0. The van der Waals surface area contributed by atoms with Crippen molar-refractivity contribution in [2.45, 2.75) is 56.6 Å². The molecule has 1 N–H and O–H groups in total. The van der Waals surface area contributed by atoms with Gasteiger partial charge in [-0.05, 0) is 69.2 Å². The third kappa shape index (κ3) is 4.21. The summed E-state index contributed by atoms with van der Waals surface area (Å²) in [4.78, 5) is 0. The molecule has 21 heavy (non-hydrogen) atoms. The Morgan fingerprint density at radius 2 is 1.95 bits per heavy atom.